The zero-order valence-corrected chi connectivity index (χ0v) is 23.2. The molecule has 5 rings (SSSR count). The SMILES string of the molecule is CCOC(=O)c1cnc(N2CCC(CNCc3nc(N(C)c4ccc(OC)cc4)c4ccccc4n3)CC2)nc1. The molecule has 1 aliphatic rings. The summed E-state index contributed by atoms with van der Waals surface area (Å²) < 4.78 is 10.3. The zero-order chi connectivity index (χ0) is 27.9. The van der Waals surface area contributed by atoms with Gasteiger partial charge in [0.2, 0.25) is 5.95 Å². The third kappa shape index (κ3) is 6.28. The zero-order valence-electron chi connectivity index (χ0n) is 23.2. The summed E-state index contributed by atoms with van der Waals surface area (Å²) in [4.78, 5) is 34.6. The summed E-state index contributed by atoms with van der Waals surface area (Å²) in [7, 11) is 3.69. The molecule has 1 fully saturated rings. The predicted octanol–water partition coefficient (Wildman–Crippen LogP) is 4.38. The van der Waals surface area contributed by atoms with E-state index in [9.17, 15) is 4.79 Å². The Morgan fingerprint density at radius 3 is 2.48 bits per heavy atom. The summed E-state index contributed by atoms with van der Waals surface area (Å²) in [6.45, 7) is 5.32. The minimum absolute atomic E-state index is 0.330. The largest absolute Gasteiger partial charge is 0.497 e. The van der Waals surface area contributed by atoms with Crippen LogP contribution in [0.2, 0.25) is 0 Å². The molecule has 10 nitrogen and oxygen atoms in total. The molecule has 10 heteroatoms. The maximum absolute atomic E-state index is 11.8. The Bertz CT molecular complexity index is 1420. The van der Waals surface area contributed by atoms with E-state index in [4.69, 9.17) is 19.4 Å². The number of fused-ring (bicyclic) bond motifs is 1. The van der Waals surface area contributed by atoms with Crippen LogP contribution in [0.5, 0.6) is 5.75 Å². The fourth-order valence-corrected chi connectivity index (χ4v) is 4.90. The fourth-order valence-electron chi connectivity index (χ4n) is 4.90. The molecular weight excluding hydrogens is 506 g/mol. The van der Waals surface area contributed by atoms with Crippen LogP contribution in [0.25, 0.3) is 10.9 Å². The van der Waals surface area contributed by atoms with Crippen molar-refractivity contribution < 1.29 is 14.3 Å². The Morgan fingerprint density at radius 1 is 1.05 bits per heavy atom. The van der Waals surface area contributed by atoms with E-state index >= 15 is 0 Å². The first-order valence-corrected chi connectivity index (χ1v) is 13.6. The number of para-hydroxylation sites is 1. The van der Waals surface area contributed by atoms with Gasteiger partial charge in [-0.05, 0) is 68.6 Å². The number of piperidine rings is 1. The maximum Gasteiger partial charge on any atom is 0.341 e. The Morgan fingerprint density at radius 2 is 1.77 bits per heavy atom. The summed E-state index contributed by atoms with van der Waals surface area (Å²) in [6, 6.07) is 16.1. The van der Waals surface area contributed by atoms with Crippen molar-refractivity contribution in [3.05, 3.63) is 72.3 Å². The van der Waals surface area contributed by atoms with E-state index in [2.05, 4.69) is 31.2 Å². The lowest BCUT2D eigenvalue weighted by Crippen LogP contribution is -2.38. The molecule has 40 heavy (non-hydrogen) atoms. The highest BCUT2D eigenvalue weighted by Crippen LogP contribution is 2.30. The van der Waals surface area contributed by atoms with Gasteiger partial charge in [-0.15, -0.1) is 0 Å². The first-order valence-electron chi connectivity index (χ1n) is 13.6. The molecular formula is C30H35N7O3. The number of rotatable bonds is 10. The molecule has 4 aromatic rings. The second-order valence-corrected chi connectivity index (χ2v) is 9.79. The van der Waals surface area contributed by atoms with Crippen molar-refractivity contribution >= 4 is 34.3 Å². The van der Waals surface area contributed by atoms with Crippen LogP contribution in [-0.4, -0.2) is 66.3 Å². The van der Waals surface area contributed by atoms with E-state index < -0.39 is 5.97 Å². The summed E-state index contributed by atoms with van der Waals surface area (Å²) in [5.41, 5.74) is 2.32. The van der Waals surface area contributed by atoms with Crippen LogP contribution >= 0.6 is 0 Å². The molecule has 0 unspecified atom stereocenters. The highest BCUT2D eigenvalue weighted by Gasteiger charge is 2.21. The molecule has 0 saturated carbocycles. The van der Waals surface area contributed by atoms with Gasteiger partial charge in [0.25, 0.3) is 0 Å². The van der Waals surface area contributed by atoms with E-state index in [0.29, 0.717) is 30.6 Å². The second kappa shape index (κ2) is 12.7. The third-order valence-corrected chi connectivity index (χ3v) is 7.17. The molecule has 0 spiro atoms. The quantitative estimate of drug-likeness (QED) is 0.291. The summed E-state index contributed by atoms with van der Waals surface area (Å²) in [6.07, 6.45) is 5.13. The second-order valence-electron chi connectivity index (χ2n) is 9.79. The number of carbonyl (C=O) groups excluding carboxylic acids is 1. The number of aromatic nitrogens is 4. The van der Waals surface area contributed by atoms with Gasteiger partial charge in [-0.1, -0.05) is 12.1 Å². The van der Waals surface area contributed by atoms with Gasteiger partial charge in [0.1, 0.15) is 17.4 Å². The van der Waals surface area contributed by atoms with Gasteiger partial charge in [0.15, 0.2) is 0 Å². The number of anilines is 3. The monoisotopic (exact) mass is 541 g/mol. The summed E-state index contributed by atoms with van der Waals surface area (Å²) in [5.74, 6) is 3.25. The van der Waals surface area contributed by atoms with Crippen molar-refractivity contribution in [3.63, 3.8) is 0 Å². The van der Waals surface area contributed by atoms with E-state index in [1.807, 2.05) is 49.5 Å². The first kappa shape index (κ1) is 27.3. The van der Waals surface area contributed by atoms with E-state index in [-0.39, 0.29) is 0 Å². The van der Waals surface area contributed by atoms with Crippen molar-refractivity contribution in [1.29, 1.82) is 0 Å². The van der Waals surface area contributed by atoms with E-state index in [1.165, 1.54) is 12.4 Å². The van der Waals surface area contributed by atoms with Gasteiger partial charge in [-0.25, -0.2) is 24.7 Å². The molecule has 208 valence electrons. The Kier molecular flexibility index (Phi) is 8.65. The number of carbonyl (C=O) groups is 1. The number of nitrogens with zero attached hydrogens (tertiary/aromatic N) is 6. The lowest BCUT2D eigenvalue weighted by molar-refractivity contribution is 0.0525. The lowest BCUT2D eigenvalue weighted by atomic mass is 9.97. The summed E-state index contributed by atoms with van der Waals surface area (Å²) in [5, 5.41) is 4.59. The standard InChI is InChI=1S/C30H35N7O3/c1-4-40-29(38)22-18-32-30(33-19-22)37-15-13-21(14-16-37)17-31-20-27-34-26-8-6-5-7-25(26)28(35-27)36(2)23-9-11-24(39-3)12-10-23/h5-12,18-19,21,31H,4,13-17,20H2,1-3H3. The van der Waals surface area contributed by atoms with Gasteiger partial charge < -0.3 is 24.6 Å². The van der Waals surface area contributed by atoms with Gasteiger partial charge in [0, 0.05) is 43.6 Å². The number of ether oxygens (including phenoxy) is 2. The van der Waals surface area contributed by atoms with E-state index in [0.717, 1.165) is 66.5 Å². The van der Waals surface area contributed by atoms with Crippen LogP contribution in [0.15, 0.2) is 60.9 Å². The minimum Gasteiger partial charge on any atom is -0.497 e. The highest BCUT2D eigenvalue weighted by atomic mass is 16.5. The molecule has 1 saturated heterocycles. The Labute approximate surface area is 234 Å². The first-order chi connectivity index (χ1) is 19.6. The van der Waals surface area contributed by atoms with Gasteiger partial charge in [-0.2, -0.15) is 0 Å². The third-order valence-electron chi connectivity index (χ3n) is 7.17. The number of benzene rings is 2. The van der Waals surface area contributed by atoms with Crippen LogP contribution in [-0.2, 0) is 11.3 Å². The molecule has 0 atom stereocenters. The number of esters is 1. The molecule has 1 aliphatic heterocycles. The van der Waals surface area contributed by atoms with Crippen LogP contribution in [0.1, 0.15) is 35.9 Å². The van der Waals surface area contributed by atoms with Crippen molar-refractivity contribution in [2.75, 3.05) is 50.2 Å². The van der Waals surface area contributed by atoms with Crippen molar-refractivity contribution in [2.24, 2.45) is 5.92 Å². The number of hydrogen-bond donors (Lipinski definition) is 1. The van der Waals surface area contributed by atoms with Crippen LogP contribution in [0.3, 0.4) is 0 Å². The van der Waals surface area contributed by atoms with Gasteiger partial charge in [0.05, 0.1) is 31.3 Å². The normalized spacial score (nSPS) is 13.8. The highest BCUT2D eigenvalue weighted by molar-refractivity contribution is 5.91. The average Bonchev–Trinajstić information content (AvgIpc) is 3.01. The Hall–Kier alpha value is -4.31. The Balaban J connectivity index is 1.18. The summed E-state index contributed by atoms with van der Waals surface area (Å²) >= 11 is 0. The number of nitrogens with one attached hydrogen (secondary N) is 1. The van der Waals surface area contributed by atoms with Crippen LogP contribution in [0.4, 0.5) is 17.5 Å². The molecule has 0 aliphatic carbocycles. The van der Waals surface area contributed by atoms with Crippen molar-refractivity contribution in [3.8, 4) is 5.75 Å². The van der Waals surface area contributed by atoms with E-state index in [1.54, 1.807) is 14.0 Å². The van der Waals surface area contributed by atoms with Gasteiger partial charge >= 0.3 is 5.97 Å². The smallest absolute Gasteiger partial charge is 0.341 e. The van der Waals surface area contributed by atoms with Gasteiger partial charge in [-0.3, -0.25) is 0 Å². The molecule has 0 amide bonds. The maximum atomic E-state index is 11.8. The average molecular weight is 542 g/mol. The molecule has 2 aromatic heterocycles. The van der Waals surface area contributed by atoms with Crippen LogP contribution < -0.4 is 19.9 Å². The molecule has 1 N–H and O–H groups in total. The minimum atomic E-state index is -0.395. The van der Waals surface area contributed by atoms with Crippen LogP contribution in [0, 0.1) is 5.92 Å². The molecule has 2 aromatic carbocycles. The molecule has 0 bridgehead atoms. The van der Waals surface area contributed by atoms with Crippen molar-refractivity contribution in [1.82, 2.24) is 25.3 Å². The lowest BCUT2D eigenvalue weighted by Gasteiger charge is -2.32. The predicted molar refractivity (Wildman–Crippen MR) is 155 cm³/mol. The fraction of sp³-hybridized carbons (Fsp3) is 0.367. The van der Waals surface area contributed by atoms with Crippen molar-refractivity contribution in [2.45, 2.75) is 26.3 Å². The number of methoxy groups -OCH3 is 1. The topological polar surface area (TPSA) is 106 Å². The molecule has 0 radical (unpaired) electrons. The number of hydrogen-bond acceptors (Lipinski definition) is 10. The molecule has 3 heterocycles.